The summed E-state index contributed by atoms with van der Waals surface area (Å²) in [5, 5.41) is 21.0. The van der Waals surface area contributed by atoms with Gasteiger partial charge in [-0.15, -0.1) is 5.10 Å². The van der Waals surface area contributed by atoms with Crippen LogP contribution in [0.3, 0.4) is 0 Å². The summed E-state index contributed by atoms with van der Waals surface area (Å²) in [4.78, 5) is 44.5. The van der Waals surface area contributed by atoms with Gasteiger partial charge in [0.25, 0.3) is 5.56 Å². The molecule has 0 spiro atoms. The number of hydrogen-bond acceptors (Lipinski definition) is 8. The van der Waals surface area contributed by atoms with Gasteiger partial charge in [-0.05, 0) is 48.7 Å². The molecule has 6 rings (SSSR count). The number of carbonyl (C=O) groups is 2. The molecule has 268 valence electrons. The van der Waals surface area contributed by atoms with Gasteiger partial charge in [0, 0.05) is 39.9 Å². The quantitative estimate of drug-likeness (QED) is 0.213. The maximum Gasteiger partial charge on any atom is 0.490 e. The first-order valence-corrected chi connectivity index (χ1v) is 15.1. The van der Waals surface area contributed by atoms with E-state index in [4.69, 9.17) is 25.6 Å². The maximum atomic E-state index is 13.7. The van der Waals surface area contributed by atoms with E-state index in [2.05, 4.69) is 30.7 Å². The standard InChI is InChI=1S/C29H25ClF3N9O2.C2HF3O2/c1-16-4-3-5-23(17-8-9-34-21(10-17)27-22(37-28(16)44)13-36-40(27)2)41-15-35-20(12-26(41)43)19-11-18(30)6-7-24(19)42-14-25(38-39-42)29(31,32)33;3-2(4,5)1(6)7/h6-16,23H,3-5H2,1-2H3,(H,37,44);(H,6,7)/t16-,23+;/m1./s1/i2D3;. The molecule has 0 fully saturated rings. The normalized spacial score (nSPS) is 17.6. The monoisotopic (exact) mass is 740 g/mol. The van der Waals surface area contributed by atoms with E-state index in [0.717, 1.165) is 15.6 Å². The van der Waals surface area contributed by atoms with Crippen molar-refractivity contribution in [2.75, 3.05) is 5.32 Å². The number of aromatic nitrogens is 8. The second-order valence-corrected chi connectivity index (χ2v) is 11.6. The topological polar surface area (TPSA) is 163 Å². The van der Waals surface area contributed by atoms with Crippen molar-refractivity contribution >= 4 is 29.2 Å². The van der Waals surface area contributed by atoms with Gasteiger partial charge in [0.2, 0.25) is 5.91 Å². The first-order valence-electron chi connectivity index (χ1n) is 16.2. The lowest BCUT2D eigenvalue weighted by Gasteiger charge is -2.23. The van der Waals surface area contributed by atoms with Crippen LogP contribution in [0.2, 0.25) is 5.02 Å². The zero-order chi connectivity index (χ0) is 39.7. The van der Waals surface area contributed by atoms with Gasteiger partial charge in [-0.2, -0.15) is 31.4 Å². The van der Waals surface area contributed by atoms with E-state index in [-0.39, 0.29) is 44.9 Å². The number of aliphatic carboxylic acids is 1. The summed E-state index contributed by atoms with van der Waals surface area (Å²) in [5.41, 5.74) is -0.00747. The third-order valence-electron chi connectivity index (χ3n) is 7.68. The van der Waals surface area contributed by atoms with Crippen molar-refractivity contribution in [2.45, 2.75) is 44.6 Å². The Bertz CT molecular complexity index is 2260. The third kappa shape index (κ3) is 8.25. The Kier molecular flexibility index (Phi) is 9.16. The molecule has 0 saturated heterocycles. The van der Waals surface area contributed by atoms with Gasteiger partial charge in [-0.3, -0.25) is 23.8 Å². The fraction of sp³-hybridized carbons (Fsp3) is 0.290. The number of hydrogen-bond donors (Lipinski definition) is 2. The summed E-state index contributed by atoms with van der Waals surface area (Å²) in [6.45, 7) is -0.923. The highest BCUT2D eigenvalue weighted by atomic mass is 35.5. The Balaban J connectivity index is 0.000000730. The zero-order valence-electron chi connectivity index (χ0n) is 28.9. The van der Waals surface area contributed by atoms with Gasteiger partial charge in [0.05, 0.1) is 47.5 Å². The molecule has 5 aromatic rings. The molecule has 0 aliphatic carbocycles. The number of nitrogens with zero attached hydrogens (tertiary/aromatic N) is 8. The molecule has 4 aromatic heterocycles. The molecule has 13 nitrogen and oxygen atoms in total. The number of amides is 1. The van der Waals surface area contributed by atoms with Gasteiger partial charge in [-0.25, -0.2) is 14.5 Å². The van der Waals surface area contributed by atoms with Crippen LogP contribution in [0, 0.1) is 5.92 Å². The summed E-state index contributed by atoms with van der Waals surface area (Å²) in [7, 11) is 0. The molecule has 1 aliphatic heterocycles. The number of carbonyl (C=O) groups excluding carboxylic acids is 1. The number of nitrogens with one attached hydrogen (secondary N) is 1. The highest BCUT2D eigenvalue weighted by Gasteiger charge is 2.38. The molecule has 20 heteroatoms. The van der Waals surface area contributed by atoms with E-state index in [9.17, 15) is 35.9 Å². The summed E-state index contributed by atoms with van der Waals surface area (Å²) in [5.74, 6) is -3.52. The number of halogens is 7. The molecule has 1 aliphatic rings. The predicted octanol–water partition coefficient (Wildman–Crippen LogP) is 5.94. The highest BCUT2D eigenvalue weighted by Crippen LogP contribution is 2.34. The lowest BCUT2D eigenvalue weighted by molar-refractivity contribution is -0.192. The van der Waals surface area contributed by atoms with Crippen molar-refractivity contribution in [3.63, 3.8) is 0 Å². The fourth-order valence-electron chi connectivity index (χ4n) is 5.16. The Morgan fingerprint density at radius 3 is 2.45 bits per heavy atom. The van der Waals surface area contributed by atoms with Gasteiger partial charge < -0.3 is 10.4 Å². The number of alkyl halides is 6. The number of rotatable bonds is 3. The number of aryl methyl sites for hydroxylation is 1. The van der Waals surface area contributed by atoms with Gasteiger partial charge in [-0.1, -0.05) is 30.2 Å². The van der Waals surface area contributed by atoms with Gasteiger partial charge >= 0.3 is 18.3 Å². The molecule has 2 atom stereocenters. The van der Waals surface area contributed by atoms with Crippen LogP contribution in [-0.4, -0.2) is 62.5 Å². The Morgan fingerprint density at radius 2 is 1.80 bits per heavy atom. The summed E-state index contributed by atoms with van der Waals surface area (Å²) < 4.78 is 98.5. The van der Waals surface area contributed by atoms with Crippen LogP contribution in [-0.2, 0) is 22.7 Å². The summed E-state index contributed by atoms with van der Waals surface area (Å²) >= 11 is 6.23. The second-order valence-electron chi connectivity index (χ2n) is 11.2. The van der Waals surface area contributed by atoms with Crippen LogP contribution in [0.5, 0.6) is 0 Å². The van der Waals surface area contributed by atoms with E-state index >= 15 is 0 Å². The molecule has 5 heterocycles. The van der Waals surface area contributed by atoms with E-state index in [1.807, 2.05) is 0 Å². The summed E-state index contributed by atoms with van der Waals surface area (Å²) in [6, 6.07) is 8.36. The summed E-state index contributed by atoms with van der Waals surface area (Å²) in [6.07, 6.45) is -3.57. The molecule has 0 radical (unpaired) electrons. The van der Waals surface area contributed by atoms with Crippen molar-refractivity contribution in [2.24, 2.45) is 12.9 Å². The minimum Gasteiger partial charge on any atom is -0.475 e. The Hall–Kier alpha value is -5.59. The van der Waals surface area contributed by atoms with E-state index < -0.39 is 48.5 Å². The van der Waals surface area contributed by atoms with Gasteiger partial charge in [0.1, 0.15) is 5.69 Å². The molecule has 1 aromatic carbocycles. The third-order valence-corrected chi connectivity index (χ3v) is 7.92. The van der Waals surface area contributed by atoms with Crippen molar-refractivity contribution in [1.82, 2.24) is 39.3 Å². The van der Waals surface area contributed by atoms with Crippen LogP contribution < -0.4 is 10.9 Å². The van der Waals surface area contributed by atoms with Crippen LogP contribution in [0.4, 0.5) is 32.0 Å². The van der Waals surface area contributed by atoms with Crippen LogP contribution in [0.15, 0.2) is 66.1 Å². The Morgan fingerprint density at radius 1 is 1.06 bits per heavy atom. The number of carboxylic acid groups (broad SMARTS) is 1. The average molecular weight is 741 g/mol. The van der Waals surface area contributed by atoms with Crippen LogP contribution in [0.1, 0.15) is 47.6 Å². The van der Waals surface area contributed by atoms with Crippen molar-refractivity contribution < 1.29 is 45.2 Å². The molecular weight excluding hydrogens is 712 g/mol. The highest BCUT2D eigenvalue weighted by molar-refractivity contribution is 6.31. The molecular formula is C31H26ClF6N9O4. The molecule has 1 amide bonds. The number of fused-ring (bicyclic) bond motifs is 4. The van der Waals surface area contributed by atoms with Crippen molar-refractivity contribution in [3.8, 4) is 28.3 Å². The minimum atomic E-state index is -5.08. The number of anilines is 1. The zero-order valence-corrected chi connectivity index (χ0v) is 26.7. The van der Waals surface area contributed by atoms with Gasteiger partial charge in [0.15, 0.2) is 5.69 Å². The van der Waals surface area contributed by atoms with Crippen molar-refractivity contribution in [1.29, 1.82) is 0 Å². The first-order chi connectivity index (χ1) is 25.1. The van der Waals surface area contributed by atoms with Crippen molar-refractivity contribution in [3.05, 3.63) is 87.9 Å². The lowest BCUT2D eigenvalue weighted by Crippen LogP contribution is -2.26. The second kappa shape index (κ2) is 14.3. The van der Waals surface area contributed by atoms with Crippen LogP contribution >= 0.6 is 11.6 Å². The maximum absolute atomic E-state index is 13.7. The van der Waals surface area contributed by atoms with E-state index in [1.165, 1.54) is 47.6 Å². The predicted molar refractivity (Wildman–Crippen MR) is 169 cm³/mol. The lowest BCUT2D eigenvalue weighted by atomic mass is 9.95. The van der Waals surface area contributed by atoms with E-state index in [0.29, 0.717) is 24.8 Å². The Labute approximate surface area is 292 Å². The minimum absolute atomic E-state index is 0.0859. The fourth-order valence-corrected chi connectivity index (χ4v) is 5.33. The number of benzene rings is 1. The largest absolute Gasteiger partial charge is 0.490 e. The van der Waals surface area contributed by atoms with E-state index in [1.54, 1.807) is 19.1 Å². The molecule has 2 bridgehead atoms. The number of carboxylic acids is 1. The average Bonchev–Trinajstić information content (AvgIpc) is 3.75. The van der Waals surface area contributed by atoms with Crippen LogP contribution in [0.25, 0.3) is 28.3 Å². The number of pyridine rings is 1. The molecule has 51 heavy (non-hydrogen) atoms. The molecule has 0 saturated carbocycles. The smallest absolute Gasteiger partial charge is 0.475 e. The first kappa shape index (κ1) is 32.6. The molecule has 2 N–H and O–H groups in total. The molecule has 0 unspecified atom stereocenters. The SMILES string of the molecule is O=C(O)C(F)(F)F.[2H]C([2H])([2H])n1ncc2c1-c1cc(ccn1)[C@@H](n1cnc(-c3cc(Cl)ccc3-n3cc(C(F)(F)F)nn3)cc1=O)CCC[C@@H](C)C(=O)N2.